The third-order valence-electron chi connectivity index (χ3n) is 4.66. The van der Waals surface area contributed by atoms with E-state index in [4.69, 9.17) is 9.47 Å². The topological polar surface area (TPSA) is 77.4 Å². The first kappa shape index (κ1) is 21.1. The Bertz CT molecular complexity index is 1090. The monoisotopic (exact) mass is 436 g/mol. The standard InChI is InChI=1S/C23H24N4O3S/c1-5-31-23-24-21-20(25-26-23)18-8-6-7-9-19(18)27(15(4)28)22(30-21)16-10-12-17(13-11-16)29-14(2)3/h6-14,22H,5H2,1-4H3/t22-/m1/s1. The number of aromatic nitrogens is 3. The number of carbonyl (C=O) groups is 1. The van der Waals surface area contributed by atoms with E-state index in [0.717, 1.165) is 22.6 Å². The van der Waals surface area contributed by atoms with Crippen LogP contribution in [-0.4, -0.2) is 32.9 Å². The first-order chi connectivity index (χ1) is 15.0. The maximum atomic E-state index is 12.8. The minimum Gasteiger partial charge on any atom is -0.491 e. The molecule has 4 rings (SSSR count). The fraction of sp³-hybridized carbons (Fsp3) is 0.304. The van der Waals surface area contributed by atoms with Crippen LogP contribution in [0.1, 0.15) is 39.5 Å². The van der Waals surface area contributed by atoms with Crippen molar-refractivity contribution in [1.82, 2.24) is 15.2 Å². The van der Waals surface area contributed by atoms with E-state index in [9.17, 15) is 4.79 Å². The predicted octanol–water partition coefficient (Wildman–Crippen LogP) is 4.88. The smallest absolute Gasteiger partial charge is 0.247 e. The Morgan fingerprint density at radius 2 is 1.90 bits per heavy atom. The van der Waals surface area contributed by atoms with Crippen molar-refractivity contribution in [3.05, 3.63) is 54.1 Å². The Morgan fingerprint density at radius 3 is 2.58 bits per heavy atom. The van der Waals surface area contributed by atoms with E-state index >= 15 is 0 Å². The van der Waals surface area contributed by atoms with Crippen molar-refractivity contribution in [2.24, 2.45) is 0 Å². The van der Waals surface area contributed by atoms with E-state index in [2.05, 4.69) is 15.2 Å². The Morgan fingerprint density at radius 1 is 1.16 bits per heavy atom. The maximum Gasteiger partial charge on any atom is 0.247 e. The summed E-state index contributed by atoms with van der Waals surface area (Å²) in [5.41, 5.74) is 2.78. The molecule has 8 heteroatoms. The van der Waals surface area contributed by atoms with Gasteiger partial charge in [-0.15, -0.1) is 10.2 Å². The number of thioether (sulfide) groups is 1. The molecule has 1 aromatic heterocycles. The number of carbonyl (C=O) groups excluding carboxylic acids is 1. The molecule has 2 heterocycles. The number of hydrogen-bond acceptors (Lipinski definition) is 7. The van der Waals surface area contributed by atoms with Crippen LogP contribution in [0.2, 0.25) is 0 Å². The van der Waals surface area contributed by atoms with Crippen molar-refractivity contribution >= 4 is 23.4 Å². The lowest BCUT2D eigenvalue weighted by molar-refractivity contribution is -0.118. The lowest BCUT2D eigenvalue weighted by atomic mass is 10.1. The van der Waals surface area contributed by atoms with Gasteiger partial charge in [-0.25, -0.2) is 0 Å². The summed E-state index contributed by atoms with van der Waals surface area (Å²) < 4.78 is 12.1. The van der Waals surface area contributed by atoms with E-state index in [-0.39, 0.29) is 12.0 Å². The number of para-hydroxylation sites is 1. The molecule has 1 amide bonds. The molecule has 1 aliphatic rings. The second kappa shape index (κ2) is 8.93. The number of amides is 1. The van der Waals surface area contributed by atoms with E-state index in [1.165, 1.54) is 18.7 Å². The quantitative estimate of drug-likeness (QED) is 0.527. The Balaban J connectivity index is 1.84. The highest BCUT2D eigenvalue weighted by molar-refractivity contribution is 7.99. The van der Waals surface area contributed by atoms with E-state index in [1.54, 1.807) is 4.90 Å². The van der Waals surface area contributed by atoms with Gasteiger partial charge in [0.15, 0.2) is 5.69 Å². The Kier molecular flexibility index (Phi) is 6.08. The molecule has 0 saturated carbocycles. The normalized spacial score (nSPS) is 15.0. The summed E-state index contributed by atoms with van der Waals surface area (Å²) in [6.07, 6.45) is -0.631. The van der Waals surface area contributed by atoms with Gasteiger partial charge >= 0.3 is 0 Å². The molecular formula is C23H24N4O3S. The first-order valence-corrected chi connectivity index (χ1v) is 11.2. The second-order valence-electron chi connectivity index (χ2n) is 7.29. The average molecular weight is 437 g/mol. The van der Waals surface area contributed by atoms with Gasteiger partial charge in [-0.2, -0.15) is 4.98 Å². The highest BCUT2D eigenvalue weighted by atomic mass is 32.2. The molecule has 31 heavy (non-hydrogen) atoms. The van der Waals surface area contributed by atoms with Gasteiger partial charge in [0.2, 0.25) is 23.2 Å². The van der Waals surface area contributed by atoms with Gasteiger partial charge in [-0.1, -0.05) is 36.9 Å². The molecule has 0 spiro atoms. The maximum absolute atomic E-state index is 12.8. The molecule has 1 aliphatic heterocycles. The fourth-order valence-electron chi connectivity index (χ4n) is 3.44. The van der Waals surface area contributed by atoms with Gasteiger partial charge < -0.3 is 9.47 Å². The number of anilines is 1. The molecule has 0 radical (unpaired) electrons. The summed E-state index contributed by atoms with van der Waals surface area (Å²) in [4.78, 5) is 19.0. The molecule has 0 aliphatic carbocycles. The summed E-state index contributed by atoms with van der Waals surface area (Å²) in [5.74, 6) is 1.78. The van der Waals surface area contributed by atoms with Gasteiger partial charge in [0.25, 0.3) is 0 Å². The SMILES string of the molecule is CCSc1nnc2c(n1)O[C@H](c1ccc(OC(C)C)cc1)N(C(C)=O)c1ccccc1-2. The zero-order valence-electron chi connectivity index (χ0n) is 17.9. The first-order valence-electron chi connectivity index (χ1n) is 10.2. The summed E-state index contributed by atoms with van der Waals surface area (Å²) in [5, 5.41) is 9.16. The minimum absolute atomic E-state index is 0.0738. The zero-order chi connectivity index (χ0) is 22.0. The molecule has 0 N–H and O–H groups in total. The van der Waals surface area contributed by atoms with Crippen molar-refractivity contribution < 1.29 is 14.3 Å². The summed E-state index contributed by atoms with van der Waals surface area (Å²) in [6, 6.07) is 15.1. The van der Waals surface area contributed by atoms with Gasteiger partial charge in [0.1, 0.15) is 5.75 Å². The van der Waals surface area contributed by atoms with Crippen molar-refractivity contribution in [2.45, 2.75) is 45.2 Å². The minimum atomic E-state index is -0.704. The van der Waals surface area contributed by atoms with Gasteiger partial charge in [0.05, 0.1) is 11.8 Å². The predicted molar refractivity (Wildman–Crippen MR) is 120 cm³/mol. The van der Waals surface area contributed by atoms with Crippen LogP contribution in [0.5, 0.6) is 11.6 Å². The largest absolute Gasteiger partial charge is 0.491 e. The summed E-state index contributed by atoms with van der Waals surface area (Å²) >= 11 is 1.49. The van der Waals surface area contributed by atoms with Crippen LogP contribution in [-0.2, 0) is 4.79 Å². The highest BCUT2D eigenvalue weighted by Crippen LogP contribution is 2.43. The fourth-order valence-corrected chi connectivity index (χ4v) is 3.95. The van der Waals surface area contributed by atoms with Crippen molar-refractivity contribution in [3.63, 3.8) is 0 Å². The Hall–Kier alpha value is -3.13. The van der Waals surface area contributed by atoms with Crippen LogP contribution in [0.15, 0.2) is 53.7 Å². The number of fused-ring (bicyclic) bond motifs is 3. The average Bonchev–Trinajstić information content (AvgIpc) is 2.88. The van der Waals surface area contributed by atoms with Crippen LogP contribution in [0.3, 0.4) is 0 Å². The number of rotatable bonds is 5. The number of ether oxygens (including phenoxy) is 2. The van der Waals surface area contributed by atoms with Gasteiger partial charge in [-0.3, -0.25) is 9.69 Å². The van der Waals surface area contributed by atoms with Crippen molar-refractivity contribution in [2.75, 3.05) is 10.7 Å². The molecule has 0 unspecified atom stereocenters. The Labute approximate surface area is 185 Å². The summed E-state index contributed by atoms with van der Waals surface area (Å²) in [7, 11) is 0. The van der Waals surface area contributed by atoms with Crippen LogP contribution >= 0.6 is 11.8 Å². The third kappa shape index (κ3) is 4.34. The van der Waals surface area contributed by atoms with Crippen molar-refractivity contribution in [1.29, 1.82) is 0 Å². The molecule has 160 valence electrons. The lowest BCUT2D eigenvalue weighted by Crippen LogP contribution is -2.36. The van der Waals surface area contributed by atoms with E-state index in [1.807, 2.05) is 69.3 Å². The molecule has 0 bridgehead atoms. The van der Waals surface area contributed by atoms with E-state index in [0.29, 0.717) is 22.4 Å². The van der Waals surface area contributed by atoms with Crippen LogP contribution in [0, 0.1) is 0 Å². The summed E-state index contributed by atoms with van der Waals surface area (Å²) in [6.45, 7) is 7.51. The van der Waals surface area contributed by atoms with Crippen LogP contribution in [0.4, 0.5) is 5.69 Å². The number of benzene rings is 2. The molecular weight excluding hydrogens is 412 g/mol. The molecule has 3 aromatic rings. The van der Waals surface area contributed by atoms with Crippen molar-refractivity contribution in [3.8, 4) is 22.9 Å². The highest BCUT2D eigenvalue weighted by Gasteiger charge is 2.34. The van der Waals surface area contributed by atoms with Crippen LogP contribution in [0.25, 0.3) is 11.3 Å². The second-order valence-corrected chi connectivity index (χ2v) is 8.52. The molecule has 0 fully saturated rings. The molecule has 7 nitrogen and oxygen atoms in total. The zero-order valence-corrected chi connectivity index (χ0v) is 18.7. The van der Waals surface area contributed by atoms with E-state index < -0.39 is 6.23 Å². The third-order valence-corrected chi connectivity index (χ3v) is 5.38. The molecule has 1 atom stereocenters. The number of hydrogen-bond donors (Lipinski definition) is 0. The molecule has 2 aromatic carbocycles. The van der Waals surface area contributed by atoms with Gasteiger partial charge in [0, 0.05) is 18.1 Å². The van der Waals surface area contributed by atoms with Gasteiger partial charge in [-0.05, 0) is 49.9 Å². The lowest BCUT2D eigenvalue weighted by Gasteiger charge is -2.30. The van der Waals surface area contributed by atoms with Crippen LogP contribution < -0.4 is 14.4 Å². The molecule has 0 saturated heterocycles. The number of nitrogens with zero attached hydrogens (tertiary/aromatic N) is 4.